The molecule has 0 radical (unpaired) electrons. The first kappa shape index (κ1) is 11.6. The molecule has 1 aliphatic carbocycles. The molecular weight excluding hydrogens is 224 g/mol. The van der Waals surface area contributed by atoms with E-state index < -0.39 is 5.60 Å². The van der Waals surface area contributed by atoms with Crippen LogP contribution in [0.15, 0.2) is 18.2 Å². The molecule has 1 aliphatic rings. The molecule has 1 saturated carbocycles. The summed E-state index contributed by atoms with van der Waals surface area (Å²) in [5, 5.41) is 14.0. The summed E-state index contributed by atoms with van der Waals surface area (Å²) in [4.78, 5) is 0. The van der Waals surface area contributed by atoms with Gasteiger partial charge in [0.2, 0.25) is 0 Å². The van der Waals surface area contributed by atoms with Crippen molar-refractivity contribution in [2.24, 2.45) is 0 Å². The highest BCUT2D eigenvalue weighted by Gasteiger charge is 2.30. The maximum atomic E-state index is 10.2. The van der Waals surface area contributed by atoms with E-state index in [0.717, 1.165) is 31.4 Å². The number of halogens is 1. The minimum atomic E-state index is -0.575. The first-order chi connectivity index (χ1) is 7.59. The highest BCUT2D eigenvalue weighted by molar-refractivity contribution is 6.31. The van der Waals surface area contributed by atoms with E-state index in [1.807, 2.05) is 0 Å². The van der Waals surface area contributed by atoms with Crippen molar-refractivity contribution < 1.29 is 5.11 Å². The van der Waals surface area contributed by atoms with Crippen LogP contribution in [0, 0.1) is 0 Å². The fraction of sp³-hybridized carbons (Fsp3) is 0.500. The van der Waals surface area contributed by atoms with Gasteiger partial charge in [0.15, 0.2) is 0 Å². The van der Waals surface area contributed by atoms with Crippen LogP contribution in [0.1, 0.15) is 25.7 Å². The van der Waals surface area contributed by atoms with Crippen molar-refractivity contribution >= 4 is 23.0 Å². The number of nitrogens with one attached hydrogen (secondary N) is 1. The quantitative estimate of drug-likeness (QED) is 0.712. The first-order valence-corrected chi connectivity index (χ1v) is 5.98. The van der Waals surface area contributed by atoms with E-state index in [4.69, 9.17) is 17.3 Å². The van der Waals surface area contributed by atoms with E-state index in [2.05, 4.69) is 5.32 Å². The average Bonchev–Trinajstić information content (AvgIpc) is 2.67. The summed E-state index contributed by atoms with van der Waals surface area (Å²) in [6, 6.07) is 5.31. The monoisotopic (exact) mass is 240 g/mol. The van der Waals surface area contributed by atoms with Crippen molar-refractivity contribution in [1.29, 1.82) is 0 Å². The second kappa shape index (κ2) is 4.52. The number of benzene rings is 1. The third-order valence-electron chi connectivity index (χ3n) is 3.16. The summed E-state index contributed by atoms with van der Waals surface area (Å²) >= 11 is 5.89. The number of hydrogen-bond donors (Lipinski definition) is 3. The molecule has 3 nitrogen and oxygen atoms in total. The number of aliphatic hydroxyl groups is 1. The minimum absolute atomic E-state index is 0.539. The van der Waals surface area contributed by atoms with Crippen molar-refractivity contribution in [2.45, 2.75) is 31.3 Å². The van der Waals surface area contributed by atoms with Gasteiger partial charge in [0.1, 0.15) is 0 Å². The van der Waals surface area contributed by atoms with E-state index in [-0.39, 0.29) is 0 Å². The normalized spacial score (nSPS) is 18.6. The zero-order valence-corrected chi connectivity index (χ0v) is 9.93. The van der Waals surface area contributed by atoms with Crippen molar-refractivity contribution in [3.63, 3.8) is 0 Å². The molecule has 1 aromatic carbocycles. The van der Waals surface area contributed by atoms with Crippen LogP contribution in [0.5, 0.6) is 0 Å². The van der Waals surface area contributed by atoms with Gasteiger partial charge in [-0.15, -0.1) is 0 Å². The van der Waals surface area contributed by atoms with Gasteiger partial charge in [-0.3, -0.25) is 0 Å². The van der Waals surface area contributed by atoms with E-state index >= 15 is 0 Å². The van der Waals surface area contributed by atoms with E-state index in [1.54, 1.807) is 18.2 Å². The van der Waals surface area contributed by atoms with Gasteiger partial charge in [0.05, 0.1) is 17.0 Å². The topological polar surface area (TPSA) is 58.3 Å². The lowest BCUT2D eigenvalue weighted by Crippen LogP contribution is -2.33. The molecule has 2 rings (SSSR count). The predicted molar refractivity (Wildman–Crippen MR) is 67.8 cm³/mol. The van der Waals surface area contributed by atoms with Gasteiger partial charge in [-0.05, 0) is 31.0 Å². The second-order valence-corrected chi connectivity index (χ2v) is 4.95. The van der Waals surface area contributed by atoms with Gasteiger partial charge in [-0.1, -0.05) is 24.4 Å². The SMILES string of the molecule is Nc1ccc(Cl)cc1NCC1(O)CCCC1. The number of anilines is 2. The fourth-order valence-corrected chi connectivity index (χ4v) is 2.32. The van der Waals surface area contributed by atoms with Crippen LogP contribution < -0.4 is 11.1 Å². The fourth-order valence-electron chi connectivity index (χ4n) is 2.15. The van der Waals surface area contributed by atoms with Crippen molar-refractivity contribution in [3.8, 4) is 0 Å². The molecule has 0 saturated heterocycles. The van der Waals surface area contributed by atoms with E-state index in [1.165, 1.54) is 0 Å². The molecule has 88 valence electrons. The molecule has 16 heavy (non-hydrogen) atoms. The van der Waals surface area contributed by atoms with Crippen LogP contribution in [-0.2, 0) is 0 Å². The summed E-state index contributed by atoms with van der Waals surface area (Å²) in [5.41, 5.74) is 6.70. The second-order valence-electron chi connectivity index (χ2n) is 4.52. The lowest BCUT2D eigenvalue weighted by molar-refractivity contribution is 0.0615. The smallest absolute Gasteiger partial charge is 0.0819 e. The van der Waals surface area contributed by atoms with Crippen LogP contribution >= 0.6 is 11.6 Å². The van der Waals surface area contributed by atoms with Crippen molar-refractivity contribution in [1.82, 2.24) is 0 Å². The van der Waals surface area contributed by atoms with Crippen LogP contribution in [0.3, 0.4) is 0 Å². The molecule has 0 heterocycles. The van der Waals surface area contributed by atoms with Gasteiger partial charge in [0, 0.05) is 11.6 Å². The van der Waals surface area contributed by atoms with Crippen molar-refractivity contribution in [3.05, 3.63) is 23.2 Å². The summed E-state index contributed by atoms with van der Waals surface area (Å²) in [6.45, 7) is 0.539. The van der Waals surface area contributed by atoms with E-state index in [9.17, 15) is 5.11 Å². The molecule has 0 amide bonds. The van der Waals surface area contributed by atoms with Gasteiger partial charge in [0.25, 0.3) is 0 Å². The summed E-state index contributed by atoms with van der Waals surface area (Å²) in [5.74, 6) is 0. The lowest BCUT2D eigenvalue weighted by atomic mass is 10.0. The standard InChI is InChI=1S/C12H17ClN2O/c13-9-3-4-10(14)11(7-9)15-8-12(16)5-1-2-6-12/h3-4,7,15-16H,1-2,5-6,8,14H2. The van der Waals surface area contributed by atoms with Crippen LogP contribution in [0.4, 0.5) is 11.4 Å². The number of nitrogen functional groups attached to an aromatic ring is 1. The molecule has 0 aromatic heterocycles. The van der Waals surface area contributed by atoms with Crippen LogP contribution in [-0.4, -0.2) is 17.3 Å². The number of nitrogens with two attached hydrogens (primary N) is 1. The molecule has 0 unspecified atom stereocenters. The summed E-state index contributed by atoms with van der Waals surface area (Å²) in [6.07, 6.45) is 3.92. The highest BCUT2D eigenvalue weighted by Crippen LogP contribution is 2.31. The molecule has 1 fully saturated rings. The maximum absolute atomic E-state index is 10.2. The zero-order chi connectivity index (χ0) is 11.6. The number of rotatable bonds is 3. The van der Waals surface area contributed by atoms with E-state index in [0.29, 0.717) is 17.3 Å². The van der Waals surface area contributed by atoms with Crippen LogP contribution in [0.2, 0.25) is 5.02 Å². The minimum Gasteiger partial charge on any atom is -0.397 e. The molecule has 0 bridgehead atoms. The Morgan fingerprint density at radius 3 is 2.75 bits per heavy atom. The van der Waals surface area contributed by atoms with Crippen molar-refractivity contribution in [2.75, 3.05) is 17.6 Å². The average molecular weight is 241 g/mol. The molecule has 4 N–H and O–H groups in total. The maximum Gasteiger partial charge on any atom is 0.0819 e. The lowest BCUT2D eigenvalue weighted by Gasteiger charge is -2.23. The van der Waals surface area contributed by atoms with Gasteiger partial charge >= 0.3 is 0 Å². The Morgan fingerprint density at radius 1 is 1.38 bits per heavy atom. The third-order valence-corrected chi connectivity index (χ3v) is 3.39. The Hall–Kier alpha value is -0.930. The predicted octanol–water partition coefficient (Wildman–Crippen LogP) is 2.64. The van der Waals surface area contributed by atoms with Gasteiger partial charge in [-0.25, -0.2) is 0 Å². The molecule has 1 aromatic rings. The molecule has 4 heteroatoms. The Kier molecular flexibility index (Phi) is 3.26. The Labute approximate surface area is 101 Å². The van der Waals surface area contributed by atoms with Gasteiger partial charge < -0.3 is 16.2 Å². The highest BCUT2D eigenvalue weighted by atomic mass is 35.5. The Balaban J connectivity index is 2.01. The number of hydrogen-bond acceptors (Lipinski definition) is 3. The largest absolute Gasteiger partial charge is 0.397 e. The first-order valence-electron chi connectivity index (χ1n) is 5.60. The Morgan fingerprint density at radius 2 is 2.06 bits per heavy atom. The summed E-state index contributed by atoms with van der Waals surface area (Å²) < 4.78 is 0. The molecule has 0 atom stereocenters. The molecule has 0 spiro atoms. The van der Waals surface area contributed by atoms with Crippen LogP contribution in [0.25, 0.3) is 0 Å². The Bertz CT molecular complexity index is 375. The summed E-state index contributed by atoms with van der Waals surface area (Å²) in [7, 11) is 0. The van der Waals surface area contributed by atoms with Gasteiger partial charge in [-0.2, -0.15) is 0 Å². The zero-order valence-electron chi connectivity index (χ0n) is 9.17. The molecular formula is C12H17ClN2O. The molecule has 0 aliphatic heterocycles. The third kappa shape index (κ3) is 2.60.